The summed E-state index contributed by atoms with van der Waals surface area (Å²) < 4.78 is 5.26. The van der Waals surface area contributed by atoms with Crippen molar-refractivity contribution in [1.29, 1.82) is 0 Å². The van der Waals surface area contributed by atoms with Crippen molar-refractivity contribution in [1.82, 2.24) is 0 Å². The summed E-state index contributed by atoms with van der Waals surface area (Å²) >= 11 is 1.79. The molecule has 0 aliphatic heterocycles. The third kappa shape index (κ3) is 1.18. The van der Waals surface area contributed by atoms with Gasteiger partial charge in [0.15, 0.2) is 0 Å². The van der Waals surface area contributed by atoms with Gasteiger partial charge in [-0.05, 0) is 26.0 Å². The Balaban J connectivity index is 2.54. The van der Waals surface area contributed by atoms with Crippen molar-refractivity contribution in [3.05, 3.63) is 34.2 Å². The van der Waals surface area contributed by atoms with E-state index in [1.54, 1.807) is 23.7 Å². The summed E-state index contributed by atoms with van der Waals surface area (Å²) in [7, 11) is 0. The molecule has 0 spiro atoms. The molecule has 0 saturated carbocycles. The van der Waals surface area contributed by atoms with E-state index in [0.717, 1.165) is 5.76 Å². The Morgan fingerprint density at radius 3 is 2.75 bits per heavy atom. The third-order valence-corrected chi connectivity index (χ3v) is 2.72. The van der Waals surface area contributed by atoms with E-state index in [4.69, 9.17) is 4.42 Å². The molecule has 0 bridgehead atoms. The first-order valence-electron chi connectivity index (χ1n) is 3.80. The van der Waals surface area contributed by atoms with Crippen molar-refractivity contribution >= 4 is 11.3 Å². The van der Waals surface area contributed by atoms with Crippen LogP contribution >= 0.6 is 11.3 Å². The number of aryl methyl sites for hydroxylation is 2. The van der Waals surface area contributed by atoms with Crippen LogP contribution < -0.4 is 0 Å². The lowest BCUT2D eigenvalue weighted by Gasteiger charge is -1.90. The van der Waals surface area contributed by atoms with E-state index in [9.17, 15) is 0 Å². The maximum absolute atomic E-state index is 5.26. The van der Waals surface area contributed by atoms with E-state index >= 15 is 0 Å². The second-order valence-electron chi connectivity index (χ2n) is 2.72. The Morgan fingerprint density at radius 1 is 1.42 bits per heavy atom. The fourth-order valence-electron chi connectivity index (χ4n) is 1.24. The average Bonchev–Trinajstić information content (AvgIpc) is 2.58. The minimum atomic E-state index is 0.844. The van der Waals surface area contributed by atoms with Gasteiger partial charge in [0, 0.05) is 21.4 Å². The molecular formula is C10H9OS. The Hall–Kier alpha value is -1.02. The minimum Gasteiger partial charge on any atom is -0.464 e. The van der Waals surface area contributed by atoms with Gasteiger partial charge in [0.25, 0.3) is 0 Å². The van der Waals surface area contributed by atoms with Crippen LogP contribution in [0.15, 0.2) is 22.8 Å². The topological polar surface area (TPSA) is 13.1 Å². The molecule has 0 aliphatic rings. The van der Waals surface area contributed by atoms with Crippen LogP contribution in [-0.4, -0.2) is 0 Å². The van der Waals surface area contributed by atoms with E-state index in [0.29, 0.717) is 0 Å². The van der Waals surface area contributed by atoms with Gasteiger partial charge in [-0.2, -0.15) is 0 Å². The van der Waals surface area contributed by atoms with Gasteiger partial charge in [-0.3, -0.25) is 0 Å². The van der Waals surface area contributed by atoms with E-state index in [-0.39, 0.29) is 0 Å². The zero-order chi connectivity index (χ0) is 8.55. The average molecular weight is 177 g/mol. The first-order chi connectivity index (χ1) is 5.77. The van der Waals surface area contributed by atoms with Crippen molar-refractivity contribution < 1.29 is 4.42 Å². The Labute approximate surface area is 75.7 Å². The maximum atomic E-state index is 5.26. The van der Waals surface area contributed by atoms with Gasteiger partial charge < -0.3 is 4.42 Å². The van der Waals surface area contributed by atoms with Gasteiger partial charge in [0.1, 0.15) is 5.76 Å². The van der Waals surface area contributed by atoms with Gasteiger partial charge in [0.05, 0.1) is 6.26 Å². The molecule has 2 rings (SSSR count). The molecule has 61 valence electrons. The normalized spacial score (nSPS) is 10.5. The Bertz CT molecular complexity index is 370. The fraction of sp³-hybridized carbons (Fsp3) is 0.200. The molecule has 0 fully saturated rings. The van der Waals surface area contributed by atoms with E-state index in [1.807, 2.05) is 0 Å². The Kier molecular flexibility index (Phi) is 1.77. The molecule has 2 aromatic heterocycles. The maximum Gasteiger partial charge on any atom is 0.142 e. The first kappa shape index (κ1) is 7.62. The molecule has 0 unspecified atom stereocenters. The van der Waals surface area contributed by atoms with Crippen molar-refractivity contribution in [3.63, 3.8) is 0 Å². The van der Waals surface area contributed by atoms with Crippen molar-refractivity contribution in [2.75, 3.05) is 0 Å². The van der Waals surface area contributed by atoms with Gasteiger partial charge >= 0.3 is 0 Å². The van der Waals surface area contributed by atoms with Gasteiger partial charge in [-0.1, -0.05) is 0 Å². The summed E-state index contributed by atoms with van der Waals surface area (Å²) in [6.07, 6.45) is 1.65. The molecule has 2 heterocycles. The van der Waals surface area contributed by atoms with Crippen molar-refractivity contribution in [2.24, 2.45) is 0 Å². The molecule has 0 N–H and O–H groups in total. The molecule has 1 nitrogen and oxygen atoms in total. The van der Waals surface area contributed by atoms with Crippen LogP contribution in [0.3, 0.4) is 0 Å². The van der Waals surface area contributed by atoms with Crippen LogP contribution in [0.25, 0.3) is 11.3 Å². The molecule has 2 heteroatoms. The lowest BCUT2D eigenvalue weighted by Crippen LogP contribution is -1.69. The zero-order valence-corrected chi connectivity index (χ0v) is 7.87. The van der Waals surface area contributed by atoms with E-state index < -0.39 is 0 Å². The predicted octanol–water partition coefficient (Wildman–Crippen LogP) is 3.43. The number of hydrogen-bond acceptors (Lipinski definition) is 2. The fourth-order valence-corrected chi connectivity index (χ4v) is 2.16. The van der Waals surface area contributed by atoms with Crippen LogP contribution in [0.4, 0.5) is 0 Å². The molecule has 0 amide bonds. The summed E-state index contributed by atoms with van der Waals surface area (Å²) in [6.45, 7) is 4.20. The number of thiophene rings is 1. The molecule has 1 radical (unpaired) electrons. The predicted molar refractivity (Wildman–Crippen MR) is 50.3 cm³/mol. The van der Waals surface area contributed by atoms with Gasteiger partial charge in [-0.25, -0.2) is 0 Å². The molecule has 0 aliphatic carbocycles. The number of hydrogen-bond donors (Lipinski definition) is 0. The first-order valence-corrected chi connectivity index (χ1v) is 4.61. The number of rotatable bonds is 1. The largest absolute Gasteiger partial charge is 0.464 e. The summed E-state index contributed by atoms with van der Waals surface area (Å²) in [6, 6.07) is 6.98. The molecule has 12 heavy (non-hydrogen) atoms. The van der Waals surface area contributed by atoms with Gasteiger partial charge in [0.2, 0.25) is 0 Å². The summed E-state index contributed by atoms with van der Waals surface area (Å²) in [5.41, 5.74) is 1.17. The van der Waals surface area contributed by atoms with Crippen LogP contribution in [-0.2, 0) is 0 Å². The van der Waals surface area contributed by atoms with Crippen LogP contribution in [0, 0.1) is 19.9 Å². The summed E-state index contributed by atoms with van der Waals surface area (Å²) in [5, 5.41) is 0. The second-order valence-corrected chi connectivity index (χ2v) is 4.18. The Morgan fingerprint density at radius 2 is 2.25 bits per heavy atom. The smallest absolute Gasteiger partial charge is 0.142 e. The highest BCUT2D eigenvalue weighted by Crippen LogP contribution is 2.30. The highest BCUT2D eigenvalue weighted by atomic mass is 32.1. The monoisotopic (exact) mass is 177 g/mol. The van der Waals surface area contributed by atoms with Crippen molar-refractivity contribution in [3.8, 4) is 11.3 Å². The second kappa shape index (κ2) is 2.79. The van der Waals surface area contributed by atoms with E-state index in [2.05, 4.69) is 26.0 Å². The molecule has 0 saturated heterocycles. The molecule has 0 atom stereocenters. The quantitative estimate of drug-likeness (QED) is 0.650. The number of furan rings is 1. The SMILES string of the molecule is Cc1cc(-c2[c]cco2)c(C)s1. The van der Waals surface area contributed by atoms with Crippen LogP contribution in [0.2, 0.25) is 0 Å². The molecule has 0 aromatic carbocycles. The highest BCUT2D eigenvalue weighted by molar-refractivity contribution is 7.12. The summed E-state index contributed by atoms with van der Waals surface area (Å²) in [5.74, 6) is 0.844. The highest BCUT2D eigenvalue weighted by Gasteiger charge is 2.07. The third-order valence-electron chi connectivity index (χ3n) is 1.75. The molecule has 2 aromatic rings. The van der Waals surface area contributed by atoms with Crippen LogP contribution in [0.1, 0.15) is 9.75 Å². The van der Waals surface area contributed by atoms with Gasteiger partial charge in [-0.15, -0.1) is 11.3 Å². The minimum absolute atomic E-state index is 0.844. The lowest BCUT2D eigenvalue weighted by molar-refractivity contribution is 0.582. The zero-order valence-electron chi connectivity index (χ0n) is 7.05. The van der Waals surface area contributed by atoms with Crippen LogP contribution in [0.5, 0.6) is 0 Å². The standard InChI is InChI=1S/C10H9OS/c1-7-6-9(8(2)12-7)10-4-3-5-11-10/h3,5-6H,1-2H3. The van der Waals surface area contributed by atoms with E-state index in [1.165, 1.54) is 15.3 Å². The lowest BCUT2D eigenvalue weighted by atomic mass is 10.2. The molecular weight excluding hydrogens is 168 g/mol. The van der Waals surface area contributed by atoms with Crippen molar-refractivity contribution in [2.45, 2.75) is 13.8 Å². The summed E-state index contributed by atoms with van der Waals surface area (Å²) in [4.78, 5) is 2.60.